The molecule has 2 amide bonds. The van der Waals surface area contributed by atoms with Crippen molar-refractivity contribution in [3.05, 3.63) is 0 Å². The largest absolute Gasteiger partial charge is 0.336 e. The molecule has 2 fully saturated rings. The zero-order valence-electron chi connectivity index (χ0n) is 11.0. The van der Waals surface area contributed by atoms with E-state index in [4.69, 9.17) is 0 Å². The van der Waals surface area contributed by atoms with Crippen LogP contribution in [0.3, 0.4) is 0 Å². The first-order valence-electron chi connectivity index (χ1n) is 6.96. The molecule has 2 aliphatic rings. The summed E-state index contributed by atoms with van der Waals surface area (Å²) in [5.74, 6) is 0.657. The second-order valence-corrected chi connectivity index (χ2v) is 5.61. The van der Waals surface area contributed by atoms with Crippen molar-refractivity contribution in [3.63, 3.8) is 0 Å². The van der Waals surface area contributed by atoms with Crippen LogP contribution in [-0.4, -0.2) is 42.6 Å². The molecular formula is C13H25N3O. The summed E-state index contributed by atoms with van der Waals surface area (Å²) in [6.45, 7) is 7.19. The number of hydrogen-bond donors (Lipinski definition) is 2. The molecular weight excluding hydrogens is 214 g/mol. The lowest BCUT2D eigenvalue weighted by molar-refractivity contribution is 0.159. The van der Waals surface area contributed by atoms with Crippen molar-refractivity contribution in [3.8, 4) is 0 Å². The van der Waals surface area contributed by atoms with Crippen LogP contribution in [0.1, 0.15) is 39.5 Å². The van der Waals surface area contributed by atoms with Gasteiger partial charge in [-0.05, 0) is 58.5 Å². The topological polar surface area (TPSA) is 44.4 Å². The molecule has 2 heterocycles. The molecule has 2 rings (SSSR count). The van der Waals surface area contributed by atoms with Crippen LogP contribution in [0.25, 0.3) is 0 Å². The third-order valence-corrected chi connectivity index (χ3v) is 3.85. The molecule has 0 aromatic heterocycles. The number of nitrogens with one attached hydrogen (secondary N) is 2. The molecule has 2 unspecified atom stereocenters. The Hall–Kier alpha value is -0.770. The number of carbonyl (C=O) groups is 1. The molecule has 98 valence electrons. The van der Waals surface area contributed by atoms with E-state index >= 15 is 0 Å². The van der Waals surface area contributed by atoms with Crippen LogP contribution in [0.15, 0.2) is 0 Å². The molecule has 2 atom stereocenters. The number of likely N-dealkylation sites (tertiary alicyclic amines) is 1. The quantitative estimate of drug-likeness (QED) is 0.768. The van der Waals surface area contributed by atoms with Gasteiger partial charge in [-0.15, -0.1) is 0 Å². The van der Waals surface area contributed by atoms with E-state index in [1.54, 1.807) is 0 Å². The van der Waals surface area contributed by atoms with Crippen LogP contribution < -0.4 is 10.6 Å². The molecule has 0 bridgehead atoms. The van der Waals surface area contributed by atoms with Crippen molar-refractivity contribution in [2.24, 2.45) is 5.92 Å². The monoisotopic (exact) mass is 239 g/mol. The lowest BCUT2D eigenvalue weighted by atomic mass is 9.90. The van der Waals surface area contributed by atoms with Gasteiger partial charge < -0.3 is 15.5 Å². The van der Waals surface area contributed by atoms with E-state index in [0.717, 1.165) is 26.1 Å². The minimum absolute atomic E-state index is 0.132. The first-order chi connectivity index (χ1) is 8.18. The van der Waals surface area contributed by atoms with Gasteiger partial charge in [0.25, 0.3) is 0 Å². The maximum atomic E-state index is 12.1. The SMILES string of the molecule is CC(C)NC(=O)N1CCCC1C1CCCNC1. The molecule has 0 aromatic carbocycles. The zero-order valence-corrected chi connectivity index (χ0v) is 11.0. The molecule has 0 radical (unpaired) electrons. The van der Waals surface area contributed by atoms with Crippen molar-refractivity contribution >= 4 is 6.03 Å². The molecule has 17 heavy (non-hydrogen) atoms. The number of hydrogen-bond acceptors (Lipinski definition) is 2. The summed E-state index contributed by atoms with van der Waals surface area (Å²) < 4.78 is 0. The Morgan fingerprint density at radius 2 is 2.18 bits per heavy atom. The van der Waals surface area contributed by atoms with Crippen molar-refractivity contribution in [1.29, 1.82) is 0 Å². The second-order valence-electron chi connectivity index (χ2n) is 5.61. The van der Waals surface area contributed by atoms with Gasteiger partial charge in [-0.3, -0.25) is 0 Å². The molecule has 2 aliphatic heterocycles. The lowest BCUT2D eigenvalue weighted by Crippen LogP contribution is -2.50. The van der Waals surface area contributed by atoms with Gasteiger partial charge in [-0.1, -0.05) is 0 Å². The average Bonchev–Trinajstić information content (AvgIpc) is 2.78. The lowest BCUT2D eigenvalue weighted by Gasteiger charge is -2.34. The summed E-state index contributed by atoms with van der Waals surface area (Å²) in [5.41, 5.74) is 0. The Morgan fingerprint density at radius 1 is 1.35 bits per heavy atom. The van der Waals surface area contributed by atoms with Gasteiger partial charge in [0.05, 0.1) is 0 Å². The van der Waals surface area contributed by atoms with Gasteiger partial charge in [0.2, 0.25) is 0 Å². The Balaban J connectivity index is 1.93. The third-order valence-electron chi connectivity index (χ3n) is 3.85. The molecule has 0 aliphatic carbocycles. The fraction of sp³-hybridized carbons (Fsp3) is 0.923. The number of amides is 2. The molecule has 0 spiro atoms. The first kappa shape index (κ1) is 12.7. The maximum Gasteiger partial charge on any atom is 0.317 e. The Labute approximate surface area is 104 Å². The Bertz CT molecular complexity index is 261. The third kappa shape index (κ3) is 3.12. The molecule has 4 heteroatoms. The van der Waals surface area contributed by atoms with E-state index in [2.05, 4.69) is 15.5 Å². The maximum absolute atomic E-state index is 12.1. The Morgan fingerprint density at radius 3 is 2.82 bits per heavy atom. The molecule has 0 saturated carbocycles. The number of carbonyl (C=O) groups excluding carboxylic acids is 1. The molecule has 2 N–H and O–H groups in total. The van der Waals surface area contributed by atoms with Crippen LogP contribution >= 0.6 is 0 Å². The van der Waals surface area contributed by atoms with Crippen LogP contribution in [-0.2, 0) is 0 Å². The summed E-state index contributed by atoms with van der Waals surface area (Å²) in [6, 6.07) is 0.822. The standard InChI is InChI=1S/C13H25N3O/c1-10(2)15-13(17)16-8-4-6-12(16)11-5-3-7-14-9-11/h10-12,14H,3-9H2,1-2H3,(H,15,17). The van der Waals surface area contributed by atoms with Crippen LogP contribution in [0.5, 0.6) is 0 Å². The van der Waals surface area contributed by atoms with Gasteiger partial charge in [-0.25, -0.2) is 4.79 Å². The number of rotatable bonds is 2. The van der Waals surface area contributed by atoms with Crippen molar-refractivity contribution < 1.29 is 4.79 Å². The van der Waals surface area contributed by atoms with Gasteiger partial charge in [0.15, 0.2) is 0 Å². The summed E-state index contributed by atoms with van der Waals surface area (Å²) >= 11 is 0. The molecule has 2 saturated heterocycles. The predicted molar refractivity (Wildman–Crippen MR) is 69.0 cm³/mol. The predicted octanol–water partition coefficient (Wildman–Crippen LogP) is 1.57. The van der Waals surface area contributed by atoms with Crippen LogP contribution in [0, 0.1) is 5.92 Å². The van der Waals surface area contributed by atoms with Gasteiger partial charge in [-0.2, -0.15) is 0 Å². The first-order valence-corrected chi connectivity index (χ1v) is 6.96. The summed E-state index contributed by atoms with van der Waals surface area (Å²) in [4.78, 5) is 14.2. The highest BCUT2D eigenvalue weighted by atomic mass is 16.2. The number of urea groups is 1. The van der Waals surface area contributed by atoms with Crippen molar-refractivity contribution in [2.75, 3.05) is 19.6 Å². The van der Waals surface area contributed by atoms with E-state index in [-0.39, 0.29) is 12.1 Å². The molecule has 4 nitrogen and oxygen atoms in total. The highest BCUT2D eigenvalue weighted by Crippen LogP contribution is 2.28. The van der Waals surface area contributed by atoms with Gasteiger partial charge in [0, 0.05) is 18.6 Å². The van der Waals surface area contributed by atoms with Crippen molar-refractivity contribution in [1.82, 2.24) is 15.5 Å². The highest BCUT2D eigenvalue weighted by molar-refractivity contribution is 5.75. The summed E-state index contributed by atoms with van der Waals surface area (Å²) in [5, 5.41) is 6.47. The number of nitrogens with zero attached hydrogens (tertiary/aromatic N) is 1. The van der Waals surface area contributed by atoms with E-state index in [1.807, 2.05) is 13.8 Å². The Kier molecular flexibility index (Phi) is 4.26. The van der Waals surface area contributed by atoms with E-state index in [9.17, 15) is 4.79 Å². The second kappa shape index (κ2) is 5.71. The molecule has 0 aromatic rings. The van der Waals surface area contributed by atoms with Gasteiger partial charge >= 0.3 is 6.03 Å². The average molecular weight is 239 g/mol. The van der Waals surface area contributed by atoms with Gasteiger partial charge in [0.1, 0.15) is 0 Å². The summed E-state index contributed by atoms with van der Waals surface area (Å²) in [7, 11) is 0. The zero-order chi connectivity index (χ0) is 12.3. The smallest absolute Gasteiger partial charge is 0.317 e. The highest BCUT2D eigenvalue weighted by Gasteiger charge is 2.35. The fourth-order valence-electron chi connectivity index (χ4n) is 3.07. The summed E-state index contributed by atoms with van der Waals surface area (Å²) in [6.07, 6.45) is 4.86. The minimum atomic E-state index is 0.132. The fourth-order valence-corrected chi connectivity index (χ4v) is 3.07. The van der Waals surface area contributed by atoms with Crippen LogP contribution in [0.2, 0.25) is 0 Å². The van der Waals surface area contributed by atoms with E-state index < -0.39 is 0 Å². The van der Waals surface area contributed by atoms with Crippen molar-refractivity contribution in [2.45, 2.75) is 51.6 Å². The number of piperidine rings is 1. The normalized spacial score (nSPS) is 29.7. The van der Waals surface area contributed by atoms with E-state index in [1.165, 1.54) is 19.3 Å². The van der Waals surface area contributed by atoms with E-state index in [0.29, 0.717) is 12.0 Å². The van der Waals surface area contributed by atoms with Crippen LogP contribution in [0.4, 0.5) is 4.79 Å². The minimum Gasteiger partial charge on any atom is -0.336 e.